The molecule has 0 radical (unpaired) electrons. The summed E-state index contributed by atoms with van der Waals surface area (Å²) >= 11 is 0. The standard InChI is InChI=1S/C22H29N7O4S/c1-13-7-8-17(18(9-13)33-15(3)21(30)25-11-23-4)27-20-19-14(2)16(10-29(19)26-12-24-20)22(31)28-34(5,6)32/h7-10,12,15,23H,11H2,1-6H3,(H,25,30)(H,24,26,27)/t15-/m1/s1. The van der Waals surface area contributed by atoms with Gasteiger partial charge in [0.25, 0.3) is 11.8 Å². The summed E-state index contributed by atoms with van der Waals surface area (Å²) in [6.07, 6.45) is 4.96. The molecule has 0 saturated carbocycles. The van der Waals surface area contributed by atoms with E-state index < -0.39 is 21.7 Å². The van der Waals surface area contributed by atoms with Crippen molar-refractivity contribution >= 4 is 38.6 Å². The van der Waals surface area contributed by atoms with Crippen molar-refractivity contribution in [1.82, 2.24) is 25.2 Å². The van der Waals surface area contributed by atoms with Crippen molar-refractivity contribution in [3.8, 4) is 5.75 Å². The highest BCUT2D eigenvalue weighted by atomic mass is 32.2. The van der Waals surface area contributed by atoms with Gasteiger partial charge in [-0.1, -0.05) is 6.07 Å². The maximum Gasteiger partial charge on any atom is 0.286 e. The lowest BCUT2D eigenvalue weighted by atomic mass is 10.1. The SMILES string of the molecule is CNCNC(=O)[C@@H](C)Oc1cc(C)ccc1Nc1ncnn2cc(C(=O)N=S(C)(C)=O)c(C)c12. The van der Waals surface area contributed by atoms with E-state index in [1.165, 1.54) is 29.6 Å². The maximum atomic E-state index is 12.6. The number of nitrogens with zero attached hydrogens (tertiary/aromatic N) is 4. The van der Waals surface area contributed by atoms with Crippen LogP contribution in [0.2, 0.25) is 0 Å². The zero-order chi connectivity index (χ0) is 25.0. The van der Waals surface area contributed by atoms with Gasteiger partial charge in [0.2, 0.25) is 0 Å². The van der Waals surface area contributed by atoms with Gasteiger partial charge in [0.05, 0.1) is 17.9 Å². The number of carbonyl (C=O) groups excluding carboxylic acids is 2. The van der Waals surface area contributed by atoms with Crippen molar-refractivity contribution in [3.63, 3.8) is 0 Å². The molecule has 2 amide bonds. The molecule has 2 aromatic heterocycles. The number of hydrogen-bond acceptors (Lipinski definition) is 8. The Labute approximate surface area is 198 Å². The van der Waals surface area contributed by atoms with Crippen molar-refractivity contribution in [1.29, 1.82) is 0 Å². The van der Waals surface area contributed by atoms with Gasteiger partial charge in [0, 0.05) is 28.4 Å². The molecule has 182 valence electrons. The Balaban J connectivity index is 1.98. The van der Waals surface area contributed by atoms with Crippen molar-refractivity contribution in [2.24, 2.45) is 4.36 Å². The molecule has 34 heavy (non-hydrogen) atoms. The van der Waals surface area contributed by atoms with Gasteiger partial charge >= 0.3 is 0 Å². The smallest absolute Gasteiger partial charge is 0.286 e. The maximum absolute atomic E-state index is 12.6. The van der Waals surface area contributed by atoms with Gasteiger partial charge in [-0.15, -0.1) is 0 Å². The first-order chi connectivity index (χ1) is 16.0. The van der Waals surface area contributed by atoms with Gasteiger partial charge < -0.3 is 20.7 Å². The van der Waals surface area contributed by atoms with Crippen molar-refractivity contribution in [3.05, 3.63) is 47.4 Å². The van der Waals surface area contributed by atoms with E-state index in [4.69, 9.17) is 4.74 Å². The predicted octanol–water partition coefficient (Wildman–Crippen LogP) is 2.02. The number of aromatic nitrogens is 3. The van der Waals surface area contributed by atoms with Gasteiger partial charge in [-0.05, 0) is 51.1 Å². The third kappa shape index (κ3) is 5.88. The number of hydrogen-bond donors (Lipinski definition) is 3. The Hall–Kier alpha value is -3.51. The van der Waals surface area contributed by atoms with E-state index in [1.54, 1.807) is 20.9 Å². The third-order valence-corrected chi connectivity index (χ3v) is 5.47. The lowest BCUT2D eigenvalue weighted by Gasteiger charge is -2.18. The second-order valence-corrected chi connectivity index (χ2v) is 10.6. The average Bonchev–Trinajstić information content (AvgIpc) is 3.10. The number of ether oxygens (including phenoxy) is 1. The molecule has 0 spiro atoms. The van der Waals surface area contributed by atoms with Crippen LogP contribution in [0.3, 0.4) is 0 Å². The topological polar surface area (TPSA) is 139 Å². The molecule has 1 atom stereocenters. The summed E-state index contributed by atoms with van der Waals surface area (Å²) in [4.78, 5) is 29.2. The Bertz CT molecular complexity index is 1350. The lowest BCUT2D eigenvalue weighted by Crippen LogP contribution is -2.40. The largest absolute Gasteiger partial charge is 0.479 e. The number of rotatable bonds is 8. The summed E-state index contributed by atoms with van der Waals surface area (Å²) in [5.74, 6) is 0.0612. The highest BCUT2D eigenvalue weighted by Crippen LogP contribution is 2.32. The molecule has 0 bridgehead atoms. The van der Waals surface area contributed by atoms with E-state index in [2.05, 4.69) is 30.4 Å². The van der Waals surface area contributed by atoms with Crippen LogP contribution in [0.25, 0.3) is 5.52 Å². The van der Waals surface area contributed by atoms with Crippen LogP contribution in [-0.2, 0) is 14.5 Å². The third-order valence-electron chi connectivity index (χ3n) is 4.86. The molecule has 12 heteroatoms. The van der Waals surface area contributed by atoms with Crippen LogP contribution in [0.15, 0.2) is 35.1 Å². The van der Waals surface area contributed by atoms with Crippen LogP contribution in [-0.4, -0.2) is 63.0 Å². The molecule has 3 aromatic rings. The quantitative estimate of drug-likeness (QED) is 0.410. The highest BCUT2D eigenvalue weighted by Gasteiger charge is 2.20. The van der Waals surface area contributed by atoms with Crippen LogP contribution < -0.4 is 20.7 Å². The fourth-order valence-corrected chi connectivity index (χ4v) is 3.74. The molecule has 0 aliphatic rings. The highest BCUT2D eigenvalue weighted by molar-refractivity contribution is 7.92. The zero-order valence-corrected chi connectivity index (χ0v) is 20.8. The predicted molar refractivity (Wildman–Crippen MR) is 131 cm³/mol. The van der Waals surface area contributed by atoms with Gasteiger partial charge in [0.15, 0.2) is 11.9 Å². The van der Waals surface area contributed by atoms with Gasteiger partial charge in [-0.2, -0.15) is 9.46 Å². The molecule has 11 nitrogen and oxygen atoms in total. The van der Waals surface area contributed by atoms with Crippen LogP contribution in [0.1, 0.15) is 28.4 Å². The second-order valence-electron chi connectivity index (χ2n) is 8.10. The Morgan fingerprint density at radius 3 is 2.68 bits per heavy atom. The Morgan fingerprint density at radius 2 is 2.00 bits per heavy atom. The van der Waals surface area contributed by atoms with E-state index in [1.807, 2.05) is 25.1 Å². The minimum Gasteiger partial charge on any atom is -0.479 e. The number of carbonyl (C=O) groups is 2. The summed E-state index contributed by atoms with van der Waals surface area (Å²) in [6, 6.07) is 5.54. The molecule has 3 N–H and O–H groups in total. The van der Waals surface area contributed by atoms with Crippen molar-refractivity contribution in [2.45, 2.75) is 26.9 Å². The normalized spacial score (nSPS) is 12.3. The molecular formula is C22H29N7O4S. The first kappa shape index (κ1) is 25.1. The van der Waals surface area contributed by atoms with E-state index in [9.17, 15) is 13.8 Å². The molecule has 3 rings (SSSR count). The lowest BCUT2D eigenvalue weighted by molar-refractivity contribution is -0.127. The van der Waals surface area contributed by atoms with Crippen LogP contribution in [0.5, 0.6) is 5.75 Å². The van der Waals surface area contributed by atoms with Crippen LogP contribution >= 0.6 is 0 Å². The molecule has 0 aliphatic carbocycles. The molecule has 0 fully saturated rings. The van der Waals surface area contributed by atoms with Gasteiger partial charge in [-0.25, -0.2) is 13.7 Å². The van der Waals surface area contributed by atoms with E-state index in [-0.39, 0.29) is 11.5 Å². The first-order valence-corrected chi connectivity index (χ1v) is 12.8. The number of aryl methyl sites for hydroxylation is 2. The summed E-state index contributed by atoms with van der Waals surface area (Å²) in [5, 5.41) is 13.0. The number of amides is 2. The fourth-order valence-electron chi connectivity index (χ4n) is 3.24. The molecule has 2 heterocycles. The fraction of sp³-hybridized carbons (Fsp3) is 0.364. The molecule has 0 unspecified atom stereocenters. The summed E-state index contributed by atoms with van der Waals surface area (Å²) < 4.78 is 23.2. The van der Waals surface area contributed by atoms with Gasteiger partial charge in [-0.3, -0.25) is 9.59 Å². The van der Waals surface area contributed by atoms with Crippen molar-refractivity contribution in [2.75, 3.05) is 31.5 Å². The molecule has 1 aromatic carbocycles. The van der Waals surface area contributed by atoms with E-state index >= 15 is 0 Å². The molecular weight excluding hydrogens is 458 g/mol. The van der Waals surface area contributed by atoms with E-state index in [0.717, 1.165) is 5.56 Å². The first-order valence-electron chi connectivity index (χ1n) is 10.5. The second kappa shape index (κ2) is 10.2. The molecule has 0 saturated heterocycles. The summed E-state index contributed by atoms with van der Waals surface area (Å²) in [7, 11) is -0.875. The minimum atomic E-state index is -2.61. The zero-order valence-electron chi connectivity index (χ0n) is 20.0. The number of fused-ring (bicyclic) bond motifs is 1. The molecule has 0 aliphatic heterocycles. The van der Waals surface area contributed by atoms with Crippen LogP contribution in [0.4, 0.5) is 11.5 Å². The average molecular weight is 488 g/mol. The number of nitrogens with one attached hydrogen (secondary N) is 3. The Morgan fingerprint density at radius 1 is 1.26 bits per heavy atom. The monoisotopic (exact) mass is 487 g/mol. The number of benzene rings is 1. The number of anilines is 2. The summed E-state index contributed by atoms with van der Waals surface area (Å²) in [5.41, 5.74) is 2.98. The van der Waals surface area contributed by atoms with Crippen LogP contribution in [0, 0.1) is 13.8 Å². The van der Waals surface area contributed by atoms with Crippen molar-refractivity contribution < 1.29 is 18.5 Å². The Kier molecular flexibility index (Phi) is 7.52. The summed E-state index contributed by atoms with van der Waals surface area (Å²) in [6.45, 7) is 5.66. The van der Waals surface area contributed by atoms with Gasteiger partial charge in [0.1, 0.15) is 17.6 Å². The minimum absolute atomic E-state index is 0.260. The van der Waals surface area contributed by atoms with E-state index in [0.29, 0.717) is 35.0 Å².